The van der Waals surface area contributed by atoms with Gasteiger partial charge in [-0.3, -0.25) is 14.4 Å². The summed E-state index contributed by atoms with van der Waals surface area (Å²) in [6.45, 7) is 7.30. The Hall–Kier alpha value is -4.18. The number of H-pyrrole nitrogens is 1. The van der Waals surface area contributed by atoms with Crippen LogP contribution in [0.4, 0.5) is 0 Å². The van der Waals surface area contributed by atoms with Crippen molar-refractivity contribution in [1.82, 2.24) is 20.9 Å². The number of para-hydroxylation sites is 1. The fourth-order valence-corrected chi connectivity index (χ4v) is 4.71. The number of carbonyl (C=O) groups is 4. The first-order chi connectivity index (χ1) is 19.5. The monoisotopic (exact) mass is 563 g/mol. The predicted molar refractivity (Wildman–Crippen MR) is 158 cm³/mol. The number of rotatable bonds is 14. The number of hydrogen-bond donors (Lipinski definition) is 6. The predicted octanol–water partition coefficient (Wildman–Crippen LogP) is 2.52. The summed E-state index contributed by atoms with van der Waals surface area (Å²) < 4.78 is 0. The smallest absolute Gasteiger partial charge is 0.326 e. The van der Waals surface area contributed by atoms with Gasteiger partial charge in [0.25, 0.3) is 0 Å². The van der Waals surface area contributed by atoms with Gasteiger partial charge in [0.05, 0.1) is 6.04 Å². The molecule has 0 aliphatic rings. The van der Waals surface area contributed by atoms with Crippen LogP contribution in [-0.4, -0.2) is 57.9 Å². The Labute approximate surface area is 240 Å². The van der Waals surface area contributed by atoms with Gasteiger partial charge in [0, 0.05) is 23.5 Å². The Bertz CT molecular complexity index is 1340. The Morgan fingerprint density at radius 1 is 0.805 bits per heavy atom. The first kappa shape index (κ1) is 31.3. The van der Waals surface area contributed by atoms with E-state index in [1.165, 1.54) is 0 Å². The van der Waals surface area contributed by atoms with Crippen LogP contribution in [0, 0.1) is 11.8 Å². The molecule has 0 saturated heterocycles. The summed E-state index contributed by atoms with van der Waals surface area (Å²) in [4.78, 5) is 54.8. The molecule has 1 heterocycles. The second-order valence-corrected chi connectivity index (χ2v) is 11.2. The summed E-state index contributed by atoms with van der Waals surface area (Å²) in [7, 11) is 0. The number of amides is 3. The molecule has 3 aromatic rings. The fraction of sp³-hybridized carbons (Fsp3) is 0.419. The molecule has 4 unspecified atom stereocenters. The maximum atomic E-state index is 13.5. The van der Waals surface area contributed by atoms with Gasteiger partial charge in [0.2, 0.25) is 17.7 Å². The van der Waals surface area contributed by atoms with Crippen LogP contribution in [0.1, 0.15) is 45.2 Å². The van der Waals surface area contributed by atoms with Crippen LogP contribution in [0.25, 0.3) is 10.9 Å². The highest BCUT2D eigenvalue weighted by Crippen LogP contribution is 2.19. The number of aromatic nitrogens is 1. The lowest BCUT2D eigenvalue weighted by Gasteiger charge is -2.27. The molecule has 0 bridgehead atoms. The van der Waals surface area contributed by atoms with Crippen LogP contribution < -0.4 is 21.7 Å². The normalized spacial score (nSPS) is 14.3. The van der Waals surface area contributed by atoms with Crippen molar-refractivity contribution in [3.8, 4) is 0 Å². The van der Waals surface area contributed by atoms with E-state index in [-0.39, 0.29) is 31.1 Å². The quantitative estimate of drug-likeness (QED) is 0.176. The molecule has 2 aromatic carbocycles. The van der Waals surface area contributed by atoms with Gasteiger partial charge in [-0.1, -0.05) is 76.2 Å². The third kappa shape index (κ3) is 8.91. The van der Waals surface area contributed by atoms with E-state index in [0.29, 0.717) is 0 Å². The van der Waals surface area contributed by atoms with Crippen LogP contribution in [0.15, 0.2) is 60.8 Å². The highest BCUT2D eigenvalue weighted by Gasteiger charge is 2.32. The SMILES string of the molecule is CC(C)CC(NC(=O)C(Cc1ccccc1)NC(=O)C(NC(=O)C(N)Cc1c[nH]c2ccccc12)C(C)C)C(=O)O. The molecule has 10 nitrogen and oxygen atoms in total. The van der Waals surface area contributed by atoms with E-state index in [1.807, 2.05) is 74.6 Å². The lowest BCUT2D eigenvalue weighted by molar-refractivity contribution is -0.142. The summed E-state index contributed by atoms with van der Waals surface area (Å²) >= 11 is 0. The standard InChI is InChI=1S/C31H41N5O5/c1-18(2)14-26(31(40)41)35-29(38)25(15-20-10-6-5-7-11-20)34-30(39)27(19(3)4)36-28(37)23(32)16-21-17-33-24-13-9-8-12-22(21)24/h5-13,17-19,23,25-27,33H,14-16,32H2,1-4H3,(H,34,39)(H,35,38)(H,36,37)(H,40,41). The van der Waals surface area contributed by atoms with Gasteiger partial charge in [-0.05, 0) is 41.9 Å². The van der Waals surface area contributed by atoms with Crippen LogP contribution in [0.3, 0.4) is 0 Å². The molecule has 0 fully saturated rings. The van der Waals surface area contributed by atoms with Gasteiger partial charge in [0.15, 0.2) is 0 Å². The van der Waals surface area contributed by atoms with E-state index in [4.69, 9.17) is 5.73 Å². The molecular weight excluding hydrogens is 522 g/mol. The van der Waals surface area contributed by atoms with Crippen LogP contribution in [0.2, 0.25) is 0 Å². The molecule has 0 aliphatic carbocycles. The fourth-order valence-electron chi connectivity index (χ4n) is 4.71. The second-order valence-electron chi connectivity index (χ2n) is 11.2. The first-order valence-electron chi connectivity index (χ1n) is 13.9. The van der Waals surface area contributed by atoms with E-state index in [0.717, 1.165) is 22.0 Å². The molecule has 41 heavy (non-hydrogen) atoms. The number of nitrogens with two attached hydrogens (primary N) is 1. The zero-order valence-corrected chi connectivity index (χ0v) is 24.0. The van der Waals surface area contributed by atoms with Gasteiger partial charge in [-0.25, -0.2) is 4.79 Å². The molecule has 3 amide bonds. The number of nitrogens with one attached hydrogen (secondary N) is 4. The molecule has 0 spiro atoms. The van der Waals surface area contributed by atoms with Gasteiger partial charge in [0.1, 0.15) is 18.1 Å². The third-order valence-electron chi connectivity index (χ3n) is 6.94. The minimum absolute atomic E-state index is 0.0348. The van der Waals surface area contributed by atoms with Crippen molar-refractivity contribution >= 4 is 34.6 Å². The van der Waals surface area contributed by atoms with Crippen molar-refractivity contribution in [2.24, 2.45) is 17.6 Å². The Morgan fingerprint density at radius 3 is 2.07 bits per heavy atom. The van der Waals surface area contributed by atoms with Crippen molar-refractivity contribution in [2.75, 3.05) is 0 Å². The maximum absolute atomic E-state index is 13.5. The van der Waals surface area contributed by atoms with Crippen molar-refractivity contribution in [1.29, 1.82) is 0 Å². The van der Waals surface area contributed by atoms with Gasteiger partial charge in [-0.2, -0.15) is 0 Å². The highest BCUT2D eigenvalue weighted by molar-refractivity contribution is 5.94. The highest BCUT2D eigenvalue weighted by atomic mass is 16.4. The molecule has 0 saturated carbocycles. The Balaban J connectivity index is 1.73. The molecule has 1 aromatic heterocycles. The molecule has 220 valence electrons. The largest absolute Gasteiger partial charge is 0.480 e. The van der Waals surface area contributed by atoms with Crippen LogP contribution in [0.5, 0.6) is 0 Å². The minimum Gasteiger partial charge on any atom is -0.480 e. The van der Waals surface area contributed by atoms with Crippen molar-refractivity contribution in [2.45, 2.75) is 71.1 Å². The summed E-state index contributed by atoms with van der Waals surface area (Å²) in [5.74, 6) is -3.08. The van der Waals surface area contributed by atoms with E-state index in [1.54, 1.807) is 13.8 Å². The summed E-state index contributed by atoms with van der Waals surface area (Å²) in [5.41, 5.74) is 8.86. The molecule has 10 heteroatoms. The number of fused-ring (bicyclic) bond motifs is 1. The molecule has 3 rings (SSSR count). The minimum atomic E-state index is -1.15. The topological polar surface area (TPSA) is 166 Å². The van der Waals surface area contributed by atoms with E-state index >= 15 is 0 Å². The maximum Gasteiger partial charge on any atom is 0.326 e. The zero-order chi connectivity index (χ0) is 30.1. The number of carbonyl (C=O) groups excluding carboxylic acids is 3. The molecule has 0 radical (unpaired) electrons. The third-order valence-corrected chi connectivity index (χ3v) is 6.94. The van der Waals surface area contributed by atoms with E-state index in [9.17, 15) is 24.3 Å². The first-order valence-corrected chi connectivity index (χ1v) is 13.9. The number of hydrogen-bond acceptors (Lipinski definition) is 5. The average Bonchev–Trinajstić information content (AvgIpc) is 3.33. The molecule has 0 aliphatic heterocycles. The van der Waals surface area contributed by atoms with Crippen LogP contribution >= 0.6 is 0 Å². The lowest BCUT2D eigenvalue weighted by Crippen LogP contribution is -2.59. The number of aliphatic carboxylic acids is 1. The van der Waals surface area contributed by atoms with Gasteiger partial charge < -0.3 is 31.8 Å². The zero-order valence-electron chi connectivity index (χ0n) is 24.0. The molecule has 7 N–H and O–H groups in total. The van der Waals surface area contributed by atoms with Gasteiger partial charge >= 0.3 is 5.97 Å². The average molecular weight is 564 g/mol. The Kier molecular flexibility index (Phi) is 11.0. The van der Waals surface area contributed by atoms with E-state index < -0.39 is 47.9 Å². The molecular formula is C31H41N5O5. The lowest BCUT2D eigenvalue weighted by atomic mass is 9.99. The number of benzene rings is 2. The summed E-state index contributed by atoms with van der Waals surface area (Å²) in [5, 5.41) is 18.7. The van der Waals surface area contributed by atoms with Crippen LogP contribution in [-0.2, 0) is 32.0 Å². The second kappa shape index (κ2) is 14.5. The number of carboxylic acid groups (broad SMARTS) is 1. The van der Waals surface area contributed by atoms with Crippen molar-refractivity contribution in [3.63, 3.8) is 0 Å². The van der Waals surface area contributed by atoms with Crippen molar-refractivity contribution < 1.29 is 24.3 Å². The van der Waals surface area contributed by atoms with E-state index in [2.05, 4.69) is 20.9 Å². The van der Waals surface area contributed by atoms with Gasteiger partial charge in [-0.15, -0.1) is 0 Å². The number of aromatic amines is 1. The summed E-state index contributed by atoms with van der Waals surface area (Å²) in [6, 6.07) is 12.8. The molecule has 4 atom stereocenters. The number of carboxylic acids is 1. The summed E-state index contributed by atoms with van der Waals surface area (Å²) in [6.07, 6.45) is 2.48. The van der Waals surface area contributed by atoms with Crippen molar-refractivity contribution in [3.05, 3.63) is 71.9 Å². The Morgan fingerprint density at radius 2 is 1.44 bits per heavy atom.